The Balaban J connectivity index is 1.67. The number of ether oxygens (including phenoxy) is 3. The molecule has 2 heterocycles. The van der Waals surface area contributed by atoms with E-state index in [1.165, 1.54) is 11.3 Å². The fourth-order valence-corrected chi connectivity index (χ4v) is 6.62. The number of rotatable bonds is 10. The topological polar surface area (TPSA) is 91.2 Å². The van der Waals surface area contributed by atoms with Gasteiger partial charge < -0.3 is 19.5 Å². The number of hydrogen-bond acceptors (Lipinski definition) is 7. The number of fused-ring (bicyclic) bond motifs is 1. The van der Waals surface area contributed by atoms with Crippen LogP contribution in [0.1, 0.15) is 47.7 Å². The van der Waals surface area contributed by atoms with Crippen molar-refractivity contribution in [2.45, 2.75) is 40.2 Å². The van der Waals surface area contributed by atoms with Crippen molar-refractivity contribution in [2.75, 3.05) is 26.1 Å². The third-order valence-corrected chi connectivity index (χ3v) is 8.63. The van der Waals surface area contributed by atoms with Gasteiger partial charge in [-0.1, -0.05) is 47.2 Å². The molecule has 1 aromatic heterocycles. The number of allylic oxidation sites excluding steroid dienone is 2. The summed E-state index contributed by atoms with van der Waals surface area (Å²) in [6.07, 6.45) is 4.20. The number of nitrogens with one attached hydrogen (secondary N) is 1. The lowest BCUT2D eigenvalue weighted by Gasteiger charge is -2.25. The highest BCUT2D eigenvalue weighted by atomic mass is 32.1. The summed E-state index contributed by atoms with van der Waals surface area (Å²) in [5, 5.41) is 3.07. The van der Waals surface area contributed by atoms with Crippen LogP contribution in [-0.2, 0) is 11.2 Å². The summed E-state index contributed by atoms with van der Waals surface area (Å²) in [4.78, 5) is 33.5. The Morgan fingerprint density at radius 1 is 1.07 bits per heavy atom. The Morgan fingerprint density at radius 3 is 2.47 bits per heavy atom. The van der Waals surface area contributed by atoms with E-state index in [-0.39, 0.29) is 11.5 Å². The number of aryl methyl sites for hydroxylation is 2. The van der Waals surface area contributed by atoms with Crippen LogP contribution in [0.2, 0.25) is 0 Å². The number of amides is 1. The Kier molecular flexibility index (Phi) is 9.39. The van der Waals surface area contributed by atoms with Crippen LogP contribution in [0.3, 0.4) is 0 Å². The van der Waals surface area contributed by atoms with Crippen LogP contribution in [0.5, 0.6) is 17.2 Å². The second-order valence-electron chi connectivity index (χ2n) is 10.8. The van der Waals surface area contributed by atoms with Gasteiger partial charge in [0.2, 0.25) is 0 Å². The molecule has 3 aromatic carbocycles. The number of methoxy groups -OCH3 is 2. The number of hydrogen-bond donors (Lipinski definition) is 1. The van der Waals surface area contributed by atoms with Gasteiger partial charge in [-0.2, -0.15) is 0 Å². The predicted molar refractivity (Wildman–Crippen MR) is 179 cm³/mol. The highest BCUT2D eigenvalue weighted by Crippen LogP contribution is 2.34. The summed E-state index contributed by atoms with van der Waals surface area (Å²) in [5.41, 5.74) is 5.89. The van der Waals surface area contributed by atoms with Gasteiger partial charge in [-0.15, -0.1) is 6.58 Å². The number of carbonyl (C=O) groups is 1. The summed E-state index contributed by atoms with van der Waals surface area (Å²) < 4.78 is 19.0. The zero-order valence-corrected chi connectivity index (χ0v) is 27.2. The molecule has 1 aliphatic heterocycles. The molecule has 45 heavy (non-hydrogen) atoms. The number of aromatic nitrogens is 1. The molecule has 0 bridgehead atoms. The second-order valence-corrected chi connectivity index (χ2v) is 11.8. The Morgan fingerprint density at radius 2 is 1.82 bits per heavy atom. The Bertz CT molecular complexity index is 1990. The third kappa shape index (κ3) is 6.35. The molecule has 0 aliphatic carbocycles. The van der Waals surface area contributed by atoms with Crippen LogP contribution in [-0.4, -0.2) is 31.3 Å². The van der Waals surface area contributed by atoms with Crippen molar-refractivity contribution in [3.05, 3.63) is 126 Å². The quantitative estimate of drug-likeness (QED) is 0.231. The molecule has 0 saturated carbocycles. The molecule has 8 nitrogen and oxygen atoms in total. The zero-order valence-electron chi connectivity index (χ0n) is 26.4. The van der Waals surface area contributed by atoms with Gasteiger partial charge in [0.25, 0.3) is 11.5 Å². The van der Waals surface area contributed by atoms with Crippen molar-refractivity contribution in [2.24, 2.45) is 4.99 Å². The average molecular weight is 624 g/mol. The lowest BCUT2D eigenvalue weighted by atomic mass is 9.95. The van der Waals surface area contributed by atoms with Crippen LogP contribution < -0.4 is 34.4 Å². The van der Waals surface area contributed by atoms with E-state index >= 15 is 0 Å². The Hall–Kier alpha value is -4.89. The Labute approximate surface area is 266 Å². The summed E-state index contributed by atoms with van der Waals surface area (Å²) >= 11 is 1.28. The third-order valence-electron chi connectivity index (χ3n) is 7.65. The molecular formula is C36H37N3O5S. The first-order chi connectivity index (χ1) is 21.7. The monoisotopic (exact) mass is 623 g/mol. The largest absolute Gasteiger partial charge is 0.497 e. The minimum absolute atomic E-state index is 0.247. The SMILES string of the molecule is C=CCc1cc(/C=c2/sc3n(c2=O)[C@H](c2ccc(OC)cc2)C(C(=O)Nc2ccc(C)cc2C)=C(C)N=3)cc(OCC)c1OC. The van der Waals surface area contributed by atoms with E-state index in [2.05, 4.69) is 11.9 Å². The molecule has 1 N–H and O–H groups in total. The van der Waals surface area contributed by atoms with Crippen molar-refractivity contribution in [1.29, 1.82) is 0 Å². The van der Waals surface area contributed by atoms with Gasteiger partial charge in [0, 0.05) is 11.3 Å². The van der Waals surface area contributed by atoms with Crippen molar-refractivity contribution in [3.8, 4) is 17.2 Å². The number of carbonyl (C=O) groups excluding carboxylic acids is 1. The molecule has 9 heteroatoms. The lowest BCUT2D eigenvalue weighted by molar-refractivity contribution is -0.113. The highest BCUT2D eigenvalue weighted by Gasteiger charge is 2.32. The normalized spacial score (nSPS) is 14.4. The van der Waals surface area contributed by atoms with Gasteiger partial charge >= 0.3 is 0 Å². The first-order valence-electron chi connectivity index (χ1n) is 14.7. The van der Waals surface area contributed by atoms with Gasteiger partial charge in [-0.3, -0.25) is 14.2 Å². The average Bonchev–Trinajstić information content (AvgIpc) is 3.32. The summed E-state index contributed by atoms with van der Waals surface area (Å²) in [6, 6.07) is 16.4. The van der Waals surface area contributed by atoms with E-state index in [1.54, 1.807) is 24.9 Å². The standard InChI is InChI=1S/C36H37N3O5S/c1-8-10-26-18-24(19-29(44-9-2)33(26)43-7)20-30-35(41)39-32(25-12-14-27(42-6)15-13-25)31(23(5)37-36(39)45-30)34(40)38-28-16-11-21(3)17-22(28)4/h8,11-20,32H,1,9-10H2,2-7H3,(H,38,40)/b30-20+/t32-/m1/s1. The molecule has 0 unspecified atom stereocenters. The highest BCUT2D eigenvalue weighted by molar-refractivity contribution is 7.07. The number of anilines is 1. The molecule has 0 fully saturated rings. The lowest BCUT2D eigenvalue weighted by Crippen LogP contribution is -2.40. The fraction of sp³-hybridized carbons (Fsp3) is 0.250. The maximum absolute atomic E-state index is 14.2. The molecule has 232 valence electrons. The number of nitrogens with zero attached hydrogens (tertiary/aromatic N) is 2. The summed E-state index contributed by atoms with van der Waals surface area (Å²) in [5.74, 6) is 1.60. The molecule has 0 spiro atoms. The second kappa shape index (κ2) is 13.4. The smallest absolute Gasteiger partial charge is 0.271 e. The van der Waals surface area contributed by atoms with E-state index in [0.29, 0.717) is 56.6 Å². The van der Waals surface area contributed by atoms with Crippen LogP contribution >= 0.6 is 11.3 Å². The molecule has 4 aromatic rings. The summed E-state index contributed by atoms with van der Waals surface area (Å²) in [7, 11) is 3.21. The number of thiazole rings is 1. The van der Waals surface area contributed by atoms with Crippen LogP contribution in [0.25, 0.3) is 6.08 Å². The molecule has 5 rings (SSSR count). The van der Waals surface area contributed by atoms with Gasteiger partial charge in [0.1, 0.15) is 5.75 Å². The van der Waals surface area contributed by atoms with E-state index in [1.807, 2.05) is 88.4 Å². The number of benzene rings is 3. The minimum atomic E-state index is -0.703. The molecule has 1 atom stereocenters. The van der Waals surface area contributed by atoms with Crippen LogP contribution in [0, 0.1) is 13.8 Å². The van der Waals surface area contributed by atoms with E-state index in [4.69, 9.17) is 19.2 Å². The molecular weight excluding hydrogens is 586 g/mol. The molecule has 0 saturated heterocycles. The summed E-state index contributed by atoms with van der Waals surface area (Å²) in [6.45, 7) is 12.0. The van der Waals surface area contributed by atoms with Crippen LogP contribution in [0.4, 0.5) is 5.69 Å². The molecule has 0 radical (unpaired) electrons. The first kappa shape index (κ1) is 31.5. The minimum Gasteiger partial charge on any atom is -0.497 e. The van der Waals surface area contributed by atoms with Crippen molar-refractivity contribution >= 4 is 29.0 Å². The predicted octanol–water partition coefficient (Wildman–Crippen LogP) is 5.64. The van der Waals surface area contributed by atoms with Crippen molar-refractivity contribution in [1.82, 2.24) is 4.57 Å². The van der Waals surface area contributed by atoms with Gasteiger partial charge in [0.05, 0.1) is 42.7 Å². The molecule has 1 aliphatic rings. The van der Waals surface area contributed by atoms with Gasteiger partial charge in [-0.05, 0) is 87.2 Å². The maximum atomic E-state index is 14.2. The van der Waals surface area contributed by atoms with E-state index < -0.39 is 6.04 Å². The van der Waals surface area contributed by atoms with Crippen molar-refractivity contribution in [3.63, 3.8) is 0 Å². The van der Waals surface area contributed by atoms with E-state index in [0.717, 1.165) is 27.8 Å². The maximum Gasteiger partial charge on any atom is 0.271 e. The fourth-order valence-electron chi connectivity index (χ4n) is 5.58. The van der Waals surface area contributed by atoms with Gasteiger partial charge in [-0.25, -0.2) is 4.99 Å². The first-order valence-corrected chi connectivity index (χ1v) is 15.5. The zero-order chi connectivity index (χ0) is 32.2. The van der Waals surface area contributed by atoms with E-state index in [9.17, 15) is 9.59 Å². The van der Waals surface area contributed by atoms with Crippen molar-refractivity contribution < 1.29 is 19.0 Å². The molecule has 1 amide bonds. The van der Waals surface area contributed by atoms with Gasteiger partial charge in [0.15, 0.2) is 16.3 Å². The van der Waals surface area contributed by atoms with Crippen LogP contribution in [0.15, 0.2) is 88.3 Å².